The van der Waals surface area contributed by atoms with Crippen LogP contribution in [0.25, 0.3) is 10.8 Å². The molecule has 0 unspecified atom stereocenters. The molecule has 3 heteroatoms. The molecule has 0 aliphatic rings. The number of halogens is 1. The fourth-order valence-electron chi connectivity index (χ4n) is 1.64. The molecule has 2 rings (SSSR count). The minimum atomic E-state index is -0.383. The largest absolute Gasteiger partial charge is 0.326 e. The lowest BCUT2D eigenvalue weighted by Gasteiger charge is -2.18. The molecule has 0 saturated heterocycles. The normalized spacial score (nSPS) is 11.6. The number of fused-ring (bicyclic) bond motifs is 1. The van der Waals surface area contributed by atoms with Crippen molar-refractivity contribution in [1.29, 1.82) is 0 Å². The lowest BCUT2D eigenvalue weighted by molar-refractivity contribution is -0.123. The first-order valence-corrected chi connectivity index (χ1v) is 6.67. The predicted molar refractivity (Wildman–Crippen MR) is 79.7 cm³/mol. The van der Waals surface area contributed by atoms with Gasteiger partial charge in [-0.15, -0.1) is 0 Å². The second-order valence-electron chi connectivity index (χ2n) is 5.38. The van der Waals surface area contributed by atoms with Gasteiger partial charge in [-0.1, -0.05) is 54.9 Å². The highest BCUT2D eigenvalue weighted by atomic mass is 79.9. The number of benzene rings is 2. The third kappa shape index (κ3) is 2.72. The van der Waals surface area contributed by atoms with E-state index in [0.29, 0.717) is 0 Å². The molecule has 94 valence electrons. The molecule has 0 aromatic heterocycles. The van der Waals surface area contributed by atoms with Gasteiger partial charge in [0.25, 0.3) is 0 Å². The average Bonchev–Trinajstić information content (AvgIpc) is 2.28. The van der Waals surface area contributed by atoms with Crippen LogP contribution in [0.1, 0.15) is 20.8 Å². The van der Waals surface area contributed by atoms with Gasteiger partial charge in [-0.05, 0) is 29.0 Å². The van der Waals surface area contributed by atoms with Crippen molar-refractivity contribution < 1.29 is 4.79 Å². The van der Waals surface area contributed by atoms with Crippen molar-refractivity contribution >= 4 is 38.3 Å². The Morgan fingerprint density at radius 1 is 1.17 bits per heavy atom. The standard InChI is InChI=1S/C15H16BrNO/c1-15(2,3)14(18)17-11-7-8-12-10(9-11)5-4-6-13(12)16/h4-9H,1-3H3,(H,17,18). The van der Waals surface area contributed by atoms with Crippen LogP contribution in [0.15, 0.2) is 40.9 Å². The van der Waals surface area contributed by atoms with Crippen molar-refractivity contribution in [3.05, 3.63) is 40.9 Å². The van der Waals surface area contributed by atoms with Crippen LogP contribution in [-0.2, 0) is 4.79 Å². The molecule has 0 spiro atoms. The second-order valence-corrected chi connectivity index (χ2v) is 6.23. The molecule has 2 aromatic carbocycles. The van der Waals surface area contributed by atoms with Crippen LogP contribution >= 0.6 is 15.9 Å². The van der Waals surface area contributed by atoms with E-state index in [9.17, 15) is 4.79 Å². The van der Waals surface area contributed by atoms with Crippen molar-refractivity contribution in [2.45, 2.75) is 20.8 Å². The summed E-state index contributed by atoms with van der Waals surface area (Å²) in [6, 6.07) is 12.0. The zero-order valence-electron chi connectivity index (χ0n) is 10.8. The Labute approximate surface area is 116 Å². The highest BCUT2D eigenvalue weighted by molar-refractivity contribution is 9.10. The number of carbonyl (C=O) groups excluding carboxylic acids is 1. The minimum Gasteiger partial charge on any atom is -0.326 e. The molecule has 18 heavy (non-hydrogen) atoms. The van der Waals surface area contributed by atoms with Crippen molar-refractivity contribution in [3.8, 4) is 0 Å². The predicted octanol–water partition coefficient (Wildman–Crippen LogP) is 4.59. The van der Waals surface area contributed by atoms with Crippen LogP contribution in [0.4, 0.5) is 5.69 Å². The molecule has 2 nitrogen and oxygen atoms in total. The van der Waals surface area contributed by atoms with Crippen LogP contribution in [-0.4, -0.2) is 5.91 Å². The molecule has 0 saturated carbocycles. The number of anilines is 1. The Morgan fingerprint density at radius 3 is 2.56 bits per heavy atom. The van der Waals surface area contributed by atoms with Gasteiger partial charge in [-0.25, -0.2) is 0 Å². The van der Waals surface area contributed by atoms with Gasteiger partial charge in [0.2, 0.25) is 5.91 Å². The lowest BCUT2D eigenvalue weighted by atomic mass is 9.95. The fraction of sp³-hybridized carbons (Fsp3) is 0.267. The maximum atomic E-state index is 11.9. The van der Waals surface area contributed by atoms with Crippen LogP contribution in [0.2, 0.25) is 0 Å². The molecule has 0 fully saturated rings. The topological polar surface area (TPSA) is 29.1 Å². The van der Waals surface area contributed by atoms with E-state index in [1.165, 1.54) is 0 Å². The maximum Gasteiger partial charge on any atom is 0.229 e. The van der Waals surface area contributed by atoms with Gasteiger partial charge >= 0.3 is 0 Å². The maximum absolute atomic E-state index is 11.9. The van der Waals surface area contributed by atoms with Gasteiger partial charge < -0.3 is 5.32 Å². The SMILES string of the molecule is CC(C)(C)C(=O)Nc1ccc2c(Br)cccc2c1. The summed E-state index contributed by atoms with van der Waals surface area (Å²) in [4.78, 5) is 11.9. The second kappa shape index (κ2) is 4.73. The molecule has 0 aliphatic heterocycles. The first-order chi connectivity index (χ1) is 8.38. The Balaban J connectivity index is 2.34. The summed E-state index contributed by atoms with van der Waals surface area (Å²) in [5, 5.41) is 5.19. The molecule has 0 aliphatic carbocycles. The van der Waals surface area contributed by atoms with Gasteiger partial charge in [0, 0.05) is 15.6 Å². The molecule has 2 aromatic rings. The van der Waals surface area contributed by atoms with Gasteiger partial charge in [-0.2, -0.15) is 0 Å². The van der Waals surface area contributed by atoms with E-state index < -0.39 is 0 Å². The Hall–Kier alpha value is -1.35. The van der Waals surface area contributed by atoms with E-state index in [1.54, 1.807) is 0 Å². The molecule has 1 N–H and O–H groups in total. The number of amides is 1. The number of carbonyl (C=O) groups is 1. The van der Waals surface area contributed by atoms with E-state index >= 15 is 0 Å². The van der Waals surface area contributed by atoms with E-state index in [0.717, 1.165) is 20.9 Å². The summed E-state index contributed by atoms with van der Waals surface area (Å²) in [5.41, 5.74) is 0.451. The first-order valence-electron chi connectivity index (χ1n) is 5.88. The van der Waals surface area contributed by atoms with Crippen LogP contribution in [0.3, 0.4) is 0 Å². The van der Waals surface area contributed by atoms with Crippen LogP contribution in [0.5, 0.6) is 0 Å². The smallest absolute Gasteiger partial charge is 0.229 e. The molecule has 1 amide bonds. The van der Waals surface area contributed by atoms with E-state index in [1.807, 2.05) is 57.2 Å². The third-order valence-corrected chi connectivity index (χ3v) is 3.46. The van der Waals surface area contributed by atoms with Crippen molar-refractivity contribution in [2.24, 2.45) is 5.41 Å². The molecular formula is C15H16BrNO. The van der Waals surface area contributed by atoms with Gasteiger partial charge in [0.05, 0.1) is 0 Å². The summed E-state index contributed by atoms with van der Waals surface area (Å²) in [6.07, 6.45) is 0. The summed E-state index contributed by atoms with van der Waals surface area (Å²) >= 11 is 3.52. The summed E-state index contributed by atoms with van der Waals surface area (Å²) in [6.45, 7) is 5.71. The number of hydrogen-bond acceptors (Lipinski definition) is 1. The van der Waals surface area contributed by atoms with Crippen molar-refractivity contribution in [3.63, 3.8) is 0 Å². The fourth-order valence-corrected chi connectivity index (χ4v) is 2.15. The van der Waals surface area contributed by atoms with Crippen molar-refractivity contribution in [2.75, 3.05) is 5.32 Å². The van der Waals surface area contributed by atoms with Gasteiger partial charge in [-0.3, -0.25) is 4.79 Å². The van der Waals surface area contributed by atoms with E-state index in [4.69, 9.17) is 0 Å². The van der Waals surface area contributed by atoms with Gasteiger partial charge in [0.1, 0.15) is 0 Å². The highest BCUT2D eigenvalue weighted by Crippen LogP contribution is 2.27. The Kier molecular flexibility index (Phi) is 3.44. The Bertz CT molecular complexity index is 599. The van der Waals surface area contributed by atoms with Crippen LogP contribution < -0.4 is 5.32 Å². The Morgan fingerprint density at radius 2 is 1.89 bits per heavy atom. The molecular weight excluding hydrogens is 290 g/mol. The first kappa shape index (κ1) is 13.1. The summed E-state index contributed by atoms with van der Waals surface area (Å²) in [5.74, 6) is 0.0249. The quantitative estimate of drug-likeness (QED) is 0.820. The average molecular weight is 306 g/mol. The van der Waals surface area contributed by atoms with Crippen molar-refractivity contribution in [1.82, 2.24) is 0 Å². The zero-order chi connectivity index (χ0) is 13.3. The molecule has 0 bridgehead atoms. The zero-order valence-corrected chi connectivity index (χ0v) is 12.3. The molecule has 0 radical (unpaired) electrons. The lowest BCUT2D eigenvalue weighted by Crippen LogP contribution is -2.27. The van der Waals surface area contributed by atoms with E-state index in [-0.39, 0.29) is 11.3 Å². The molecule has 0 atom stereocenters. The molecule has 0 heterocycles. The van der Waals surface area contributed by atoms with E-state index in [2.05, 4.69) is 21.2 Å². The minimum absolute atomic E-state index is 0.0249. The number of rotatable bonds is 1. The number of hydrogen-bond donors (Lipinski definition) is 1. The third-order valence-electron chi connectivity index (χ3n) is 2.77. The monoisotopic (exact) mass is 305 g/mol. The van der Waals surface area contributed by atoms with Crippen LogP contribution in [0, 0.1) is 5.41 Å². The van der Waals surface area contributed by atoms with Gasteiger partial charge in [0.15, 0.2) is 0 Å². The summed E-state index contributed by atoms with van der Waals surface area (Å²) in [7, 11) is 0. The number of nitrogens with one attached hydrogen (secondary N) is 1. The summed E-state index contributed by atoms with van der Waals surface area (Å²) < 4.78 is 1.06. The highest BCUT2D eigenvalue weighted by Gasteiger charge is 2.21.